The van der Waals surface area contributed by atoms with E-state index in [1.807, 2.05) is 36.4 Å². The second-order valence-electron chi connectivity index (χ2n) is 5.36. The predicted molar refractivity (Wildman–Crippen MR) is 89.0 cm³/mol. The fraction of sp³-hybridized carbons (Fsp3) is 0.222. The lowest BCUT2D eigenvalue weighted by molar-refractivity contribution is 0.175. The van der Waals surface area contributed by atoms with Crippen molar-refractivity contribution in [2.75, 3.05) is 13.7 Å². The van der Waals surface area contributed by atoms with Gasteiger partial charge in [-0.15, -0.1) is 0 Å². The summed E-state index contributed by atoms with van der Waals surface area (Å²) in [6.07, 6.45) is -0.504. The first kappa shape index (κ1) is 15.1. The van der Waals surface area contributed by atoms with Gasteiger partial charge in [-0.25, -0.2) is 9.79 Å². The number of nitrogens with one attached hydrogen (secondary N) is 1. The van der Waals surface area contributed by atoms with Crippen LogP contribution in [0, 0.1) is 0 Å². The third-order valence-electron chi connectivity index (χ3n) is 3.77. The molecule has 0 bridgehead atoms. The summed E-state index contributed by atoms with van der Waals surface area (Å²) >= 11 is 0. The van der Waals surface area contributed by atoms with Gasteiger partial charge in [0, 0.05) is 13.1 Å². The van der Waals surface area contributed by atoms with E-state index in [9.17, 15) is 4.79 Å². The highest BCUT2D eigenvalue weighted by Crippen LogP contribution is 2.25. The van der Waals surface area contributed by atoms with E-state index in [-0.39, 0.29) is 6.04 Å². The van der Waals surface area contributed by atoms with Crippen LogP contribution in [0.4, 0.5) is 4.79 Å². The van der Waals surface area contributed by atoms with Gasteiger partial charge in [0.05, 0.1) is 13.2 Å². The molecule has 1 heterocycles. The number of ether oxygens (including phenoxy) is 1. The van der Waals surface area contributed by atoms with Gasteiger partial charge in [0.15, 0.2) is 0 Å². The third-order valence-corrected chi connectivity index (χ3v) is 3.77. The Bertz CT molecular complexity index is 686. The summed E-state index contributed by atoms with van der Waals surface area (Å²) < 4.78 is 4.69. The zero-order chi connectivity index (χ0) is 16.1. The first-order chi connectivity index (χ1) is 11.3. The molecule has 0 fully saturated rings. The van der Waals surface area contributed by atoms with Crippen LogP contribution in [0.15, 0.2) is 65.7 Å². The topological polar surface area (TPSA) is 53.9 Å². The maximum absolute atomic E-state index is 11.6. The minimum Gasteiger partial charge on any atom is -0.453 e. The Morgan fingerprint density at radius 3 is 2.48 bits per heavy atom. The zero-order valence-corrected chi connectivity index (χ0v) is 13.0. The smallest absolute Gasteiger partial charge is 0.413 e. The SMILES string of the molecule is COC(=O)NC1=NC(c2ccccc2)CN1Cc1ccccc1. The number of alkyl carbamates (subject to hydrolysis) is 1. The molecule has 0 saturated heterocycles. The molecule has 1 N–H and O–H groups in total. The van der Waals surface area contributed by atoms with Gasteiger partial charge >= 0.3 is 6.09 Å². The van der Waals surface area contributed by atoms with Gasteiger partial charge in [0.1, 0.15) is 0 Å². The Morgan fingerprint density at radius 1 is 1.17 bits per heavy atom. The Morgan fingerprint density at radius 2 is 1.83 bits per heavy atom. The maximum Gasteiger partial charge on any atom is 0.413 e. The van der Waals surface area contributed by atoms with Gasteiger partial charge in [-0.2, -0.15) is 0 Å². The number of methoxy groups -OCH3 is 1. The first-order valence-corrected chi connectivity index (χ1v) is 7.53. The Balaban J connectivity index is 1.80. The van der Waals surface area contributed by atoms with E-state index in [0.717, 1.165) is 12.1 Å². The van der Waals surface area contributed by atoms with Gasteiger partial charge in [-0.3, -0.25) is 5.32 Å². The molecule has 1 unspecified atom stereocenters. The quantitative estimate of drug-likeness (QED) is 0.948. The highest BCUT2D eigenvalue weighted by atomic mass is 16.5. The monoisotopic (exact) mass is 309 g/mol. The first-order valence-electron chi connectivity index (χ1n) is 7.53. The van der Waals surface area contributed by atoms with Crippen molar-refractivity contribution in [1.29, 1.82) is 0 Å². The number of hydrogen-bond donors (Lipinski definition) is 1. The largest absolute Gasteiger partial charge is 0.453 e. The van der Waals surface area contributed by atoms with Crippen molar-refractivity contribution >= 4 is 12.1 Å². The lowest BCUT2D eigenvalue weighted by atomic mass is 10.1. The molecular formula is C18H19N3O2. The standard InChI is InChI=1S/C18H19N3O2/c1-23-18(22)20-17-19-16(15-10-6-3-7-11-15)13-21(17)12-14-8-4-2-5-9-14/h2-11,16H,12-13H2,1H3,(H,19,20,22). The van der Waals surface area contributed by atoms with E-state index in [0.29, 0.717) is 12.5 Å². The molecule has 0 aromatic heterocycles. The molecule has 0 aliphatic carbocycles. The van der Waals surface area contributed by atoms with Crippen molar-refractivity contribution < 1.29 is 9.53 Å². The summed E-state index contributed by atoms with van der Waals surface area (Å²) in [6.45, 7) is 1.41. The van der Waals surface area contributed by atoms with Crippen molar-refractivity contribution in [3.63, 3.8) is 0 Å². The van der Waals surface area contributed by atoms with Crippen LogP contribution < -0.4 is 5.32 Å². The lowest BCUT2D eigenvalue weighted by Crippen LogP contribution is -2.41. The number of carbonyl (C=O) groups excluding carboxylic acids is 1. The molecule has 1 aliphatic heterocycles. The van der Waals surface area contributed by atoms with Crippen LogP contribution in [-0.2, 0) is 11.3 Å². The molecule has 0 radical (unpaired) electrons. The third kappa shape index (κ3) is 3.69. The zero-order valence-electron chi connectivity index (χ0n) is 13.0. The molecule has 0 spiro atoms. The molecule has 0 saturated carbocycles. The molecule has 2 aromatic carbocycles. The van der Waals surface area contributed by atoms with Crippen molar-refractivity contribution in [2.45, 2.75) is 12.6 Å². The van der Waals surface area contributed by atoms with Crippen molar-refractivity contribution in [3.8, 4) is 0 Å². The van der Waals surface area contributed by atoms with E-state index in [4.69, 9.17) is 4.74 Å². The molecule has 118 valence electrons. The summed E-state index contributed by atoms with van der Waals surface area (Å²) in [5.41, 5.74) is 2.30. The van der Waals surface area contributed by atoms with Crippen molar-refractivity contribution in [1.82, 2.24) is 10.2 Å². The summed E-state index contributed by atoms with van der Waals surface area (Å²) in [5.74, 6) is 0.551. The van der Waals surface area contributed by atoms with Crippen LogP contribution in [0.25, 0.3) is 0 Å². The normalized spacial score (nSPS) is 16.8. The summed E-state index contributed by atoms with van der Waals surface area (Å²) in [5, 5.41) is 2.71. The average molecular weight is 309 g/mol. The van der Waals surface area contributed by atoms with E-state index >= 15 is 0 Å². The molecule has 2 aromatic rings. The van der Waals surface area contributed by atoms with Crippen LogP contribution in [0.5, 0.6) is 0 Å². The minimum atomic E-state index is -0.504. The van der Waals surface area contributed by atoms with Gasteiger partial charge in [0.2, 0.25) is 5.96 Å². The Kier molecular flexibility index (Phi) is 4.57. The van der Waals surface area contributed by atoms with E-state index in [2.05, 4.69) is 39.5 Å². The number of rotatable bonds is 3. The number of hydrogen-bond acceptors (Lipinski definition) is 4. The second kappa shape index (κ2) is 6.96. The summed E-state index contributed by atoms with van der Waals surface area (Å²) in [6, 6.07) is 20.2. The molecule has 1 aliphatic rings. The minimum absolute atomic E-state index is 0.00654. The highest BCUT2D eigenvalue weighted by Gasteiger charge is 2.27. The van der Waals surface area contributed by atoms with Crippen LogP contribution in [-0.4, -0.2) is 30.6 Å². The maximum atomic E-state index is 11.6. The van der Waals surface area contributed by atoms with Crippen molar-refractivity contribution in [3.05, 3.63) is 71.8 Å². The van der Waals surface area contributed by atoms with E-state index in [1.165, 1.54) is 12.7 Å². The fourth-order valence-corrected chi connectivity index (χ4v) is 2.62. The number of amides is 1. The lowest BCUT2D eigenvalue weighted by Gasteiger charge is -2.21. The van der Waals surface area contributed by atoms with Gasteiger partial charge in [-0.05, 0) is 11.1 Å². The fourth-order valence-electron chi connectivity index (χ4n) is 2.62. The molecule has 3 rings (SSSR count). The average Bonchev–Trinajstić information content (AvgIpc) is 2.99. The van der Waals surface area contributed by atoms with E-state index < -0.39 is 6.09 Å². The van der Waals surface area contributed by atoms with Gasteiger partial charge < -0.3 is 9.64 Å². The summed E-state index contributed by atoms with van der Waals surface area (Å²) in [4.78, 5) is 18.3. The van der Waals surface area contributed by atoms with Crippen LogP contribution in [0.1, 0.15) is 17.2 Å². The Hall–Kier alpha value is -2.82. The van der Waals surface area contributed by atoms with Gasteiger partial charge in [-0.1, -0.05) is 60.7 Å². The van der Waals surface area contributed by atoms with Crippen LogP contribution in [0.3, 0.4) is 0 Å². The number of carbonyl (C=O) groups is 1. The second-order valence-corrected chi connectivity index (χ2v) is 5.36. The van der Waals surface area contributed by atoms with E-state index in [1.54, 1.807) is 0 Å². The van der Waals surface area contributed by atoms with Crippen molar-refractivity contribution in [2.24, 2.45) is 4.99 Å². The number of benzene rings is 2. The van der Waals surface area contributed by atoms with Gasteiger partial charge in [0.25, 0.3) is 0 Å². The molecule has 1 amide bonds. The highest BCUT2D eigenvalue weighted by molar-refractivity contribution is 5.95. The molecule has 5 nitrogen and oxygen atoms in total. The Labute approximate surface area is 135 Å². The number of guanidine groups is 1. The molecule has 23 heavy (non-hydrogen) atoms. The summed E-state index contributed by atoms with van der Waals surface area (Å²) in [7, 11) is 1.35. The number of nitrogens with zero attached hydrogens (tertiary/aromatic N) is 2. The molecule has 1 atom stereocenters. The molecule has 5 heteroatoms. The van der Waals surface area contributed by atoms with Crippen LogP contribution >= 0.6 is 0 Å². The van der Waals surface area contributed by atoms with Crippen LogP contribution in [0.2, 0.25) is 0 Å². The predicted octanol–water partition coefficient (Wildman–Crippen LogP) is 2.96. The number of aliphatic imine (C=N–C) groups is 1. The molecular weight excluding hydrogens is 290 g/mol.